The molecule has 1 amide bonds. The lowest BCUT2D eigenvalue weighted by atomic mass is 9.97. The van der Waals surface area contributed by atoms with Crippen molar-refractivity contribution in [1.82, 2.24) is 19.8 Å². The molecule has 0 saturated carbocycles. The minimum absolute atomic E-state index is 0.100. The van der Waals surface area contributed by atoms with E-state index in [2.05, 4.69) is 27.0 Å². The van der Waals surface area contributed by atoms with Crippen LogP contribution in [0, 0.1) is 12.8 Å². The van der Waals surface area contributed by atoms with E-state index in [1.54, 1.807) is 18.9 Å². The average Bonchev–Trinajstić information content (AvgIpc) is 2.67. The van der Waals surface area contributed by atoms with Crippen molar-refractivity contribution < 1.29 is 4.79 Å². The van der Waals surface area contributed by atoms with Crippen molar-refractivity contribution in [3.63, 3.8) is 0 Å². The van der Waals surface area contributed by atoms with Crippen LogP contribution in [0.3, 0.4) is 0 Å². The number of carbonyl (C=O) groups excluding carboxylic acids is 1. The van der Waals surface area contributed by atoms with Gasteiger partial charge < -0.3 is 14.8 Å². The van der Waals surface area contributed by atoms with E-state index in [1.165, 1.54) is 11.8 Å². The van der Waals surface area contributed by atoms with Crippen molar-refractivity contribution in [2.24, 2.45) is 5.92 Å². The number of piperidine rings is 1. The second-order valence-electron chi connectivity index (χ2n) is 7.58. The first-order valence-corrected chi connectivity index (χ1v) is 10.1. The zero-order valence-electron chi connectivity index (χ0n) is 16.4. The van der Waals surface area contributed by atoms with E-state index in [1.807, 2.05) is 12.1 Å². The van der Waals surface area contributed by atoms with Gasteiger partial charge in [0.25, 0.3) is 11.5 Å². The summed E-state index contributed by atoms with van der Waals surface area (Å²) < 4.78 is 0. The van der Waals surface area contributed by atoms with Gasteiger partial charge in [-0.05, 0) is 56.3 Å². The summed E-state index contributed by atoms with van der Waals surface area (Å²) in [4.78, 5) is 35.4. The van der Waals surface area contributed by atoms with Crippen LogP contribution in [0.5, 0.6) is 0 Å². The molecule has 3 rings (SSSR count). The molecule has 2 aromatic rings. The van der Waals surface area contributed by atoms with Gasteiger partial charge in [0.1, 0.15) is 11.4 Å². The summed E-state index contributed by atoms with van der Waals surface area (Å²) in [5, 5.41) is 0.761. The fourth-order valence-corrected chi connectivity index (χ4v) is 3.88. The van der Waals surface area contributed by atoms with Crippen molar-refractivity contribution in [2.45, 2.75) is 26.2 Å². The minimum Gasteiger partial charge on any atom is -0.341 e. The molecule has 1 aromatic carbocycles. The third-order valence-electron chi connectivity index (χ3n) is 5.27. The van der Waals surface area contributed by atoms with Gasteiger partial charge in [-0.3, -0.25) is 9.59 Å². The first-order valence-electron chi connectivity index (χ1n) is 9.70. The molecule has 28 heavy (non-hydrogen) atoms. The molecular weight excluding hydrogens is 376 g/mol. The fraction of sp³-hybridized carbons (Fsp3) is 0.476. The normalized spacial score (nSPS) is 17.5. The SMILES string of the molecule is Cc1ncc(C(=O)N(C)C[C@@H]2CCCN(CCc3ccc(Cl)cc3)C2)c(=O)[nH]1. The summed E-state index contributed by atoms with van der Waals surface area (Å²) >= 11 is 5.95. The number of likely N-dealkylation sites (tertiary alicyclic amines) is 1. The van der Waals surface area contributed by atoms with Crippen molar-refractivity contribution in [3.8, 4) is 0 Å². The maximum Gasteiger partial charge on any atom is 0.263 e. The van der Waals surface area contributed by atoms with E-state index >= 15 is 0 Å². The zero-order chi connectivity index (χ0) is 20.1. The lowest BCUT2D eigenvalue weighted by molar-refractivity contribution is 0.0728. The topological polar surface area (TPSA) is 69.3 Å². The Hall–Kier alpha value is -2.18. The van der Waals surface area contributed by atoms with Gasteiger partial charge in [0.15, 0.2) is 0 Å². The maximum absolute atomic E-state index is 12.6. The Morgan fingerprint density at radius 1 is 1.36 bits per heavy atom. The Kier molecular flexibility index (Phi) is 6.86. The van der Waals surface area contributed by atoms with E-state index in [-0.39, 0.29) is 17.0 Å². The Morgan fingerprint density at radius 3 is 2.82 bits per heavy atom. The average molecular weight is 403 g/mol. The molecule has 1 aromatic heterocycles. The number of nitrogens with one attached hydrogen (secondary N) is 1. The van der Waals surface area contributed by atoms with Crippen LogP contribution in [0.2, 0.25) is 5.02 Å². The van der Waals surface area contributed by atoms with Crippen LogP contribution in [0.1, 0.15) is 34.6 Å². The highest BCUT2D eigenvalue weighted by Crippen LogP contribution is 2.19. The van der Waals surface area contributed by atoms with Gasteiger partial charge in [0.05, 0.1) is 0 Å². The molecule has 0 unspecified atom stereocenters. The number of rotatable bonds is 6. The summed E-state index contributed by atoms with van der Waals surface area (Å²) in [6.07, 6.45) is 4.58. The largest absolute Gasteiger partial charge is 0.341 e. The first-order chi connectivity index (χ1) is 13.4. The van der Waals surface area contributed by atoms with Crippen molar-refractivity contribution in [3.05, 3.63) is 62.8 Å². The number of halogens is 1. The van der Waals surface area contributed by atoms with Gasteiger partial charge in [-0.1, -0.05) is 23.7 Å². The van der Waals surface area contributed by atoms with Crippen molar-refractivity contribution in [1.29, 1.82) is 0 Å². The lowest BCUT2D eigenvalue weighted by Crippen LogP contribution is -2.43. The highest BCUT2D eigenvalue weighted by Gasteiger charge is 2.24. The van der Waals surface area contributed by atoms with Crippen molar-refractivity contribution >= 4 is 17.5 Å². The molecule has 0 radical (unpaired) electrons. The predicted molar refractivity (Wildman–Crippen MR) is 111 cm³/mol. The summed E-state index contributed by atoms with van der Waals surface area (Å²) in [5.74, 6) is 0.644. The maximum atomic E-state index is 12.6. The van der Waals surface area contributed by atoms with E-state index in [4.69, 9.17) is 11.6 Å². The number of H-pyrrole nitrogens is 1. The van der Waals surface area contributed by atoms with Crippen LogP contribution in [-0.4, -0.2) is 58.9 Å². The molecular formula is C21H27ClN4O2. The number of aromatic nitrogens is 2. The number of nitrogens with zero attached hydrogens (tertiary/aromatic N) is 3. The molecule has 1 atom stereocenters. The number of aromatic amines is 1. The van der Waals surface area contributed by atoms with E-state index in [0.717, 1.165) is 43.9 Å². The highest BCUT2D eigenvalue weighted by atomic mass is 35.5. The molecule has 1 saturated heterocycles. The van der Waals surface area contributed by atoms with Gasteiger partial charge in [0, 0.05) is 37.9 Å². The predicted octanol–water partition coefficient (Wildman–Crippen LogP) is 2.76. The van der Waals surface area contributed by atoms with Crippen molar-refractivity contribution in [2.75, 3.05) is 33.2 Å². The molecule has 150 valence electrons. The Bertz CT molecular complexity index is 865. The van der Waals surface area contributed by atoms with E-state index in [0.29, 0.717) is 18.3 Å². The number of hydrogen-bond donors (Lipinski definition) is 1. The summed E-state index contributed by atoms with van der Waals surface area (Å²) in [6, 6.07) is 8.00. The van der Waals surface area contributed by atoms with Gasteiger partial charge in [-0.15, -0.1) is 0 Å². The molecule has 0 bridgehead atoms. The van der Waals surface area contributed by atoms with Crippen LogP contribution >= 0.6 is 11.6 Å². The second kappa shape index (κ2) is 9.34. The Morgan fingerprint density at radius 2 is 2.11 bits per heavy atom. The second-order valence-corrected chi connectivity index (χ2v) is 8.02. The molecule has 0 spiro atoms. The monoisotopic (exact) mass is 402 g/mol. The quantitative estimate of drug-likeness (QED) is 0.806. The van der Waals surface area contributed by atoms with Crippen LogP contribution in [-0.2, 0) is 6.42 Å². The minimum atomic E-state index is -0.377. The fourth-order valence-electron chi connectivity index (χ4n) is 3.75. The summed E-state index contributed by atoms with van der Waals surface area (Å²) in [7, 11) is 1.76. The van der Waals surface area contributed by atoms with Crippen LogP contribution in [0.4, 0.5) is 0 Å². The number of aryl methyl sites for hydroxylation is 1. The van der Waals surface area contributed by atoms with Gasteiger partial charge in [-0.2, -0.15) is 0 Å². The molecule has 1 aliphatic rings. The molecule has 7 heteroatoms. The molecule has 6 nitrogen and oxygen atoms in total. The molecule has 2 heterocycles. The first kappa shape index (κ1) is 20.6. The van der Waals surface area contributed by atoms with E-state index < -0.39 is 0 Å². The van der Waals surface area contributed by atoms with Crippen LogP contribution < -0.4 is 5.56 Å². The summed E-state index contributed by atoms with van der Waals surface area (Å²) in [6.45, 7) is 5.39. The molecule has 1 aliphatic heterocycles. The summed E-state index contributed by atoms with van der Waals surface area (Å²) in [5.41, 5.74) is 1.01. The lowest BCUT2D eigenvalue weighted by Gasteiger charge is -2.34. The third kappa shape index (κ3) is 5.42. The molecule has 1 N–H and O–H groups in total. The van der Waals surface area contributed by atoms with Crippen LogP contribution in [0.15, 0.2) is 35.3 Å². The van der Waals surface area contributed by atoms with Gasteiger partial charge in [-0.25, -0.2) is 4.98 Å². The zero-order valence-corrected chi connectivity index (χ0v) is 17.2. The molecule has 1 fully saturated rings. The Balaban J connectivity index is 1.53. The van der Waals surface area contributed by atoms with Crippen LogP contribution in [0.25, 0.3) is 0 Å². The Labute approximate surface area is 170 Å². The number of benzene rings is 1. The van der Waals surface area contributed by atoms with Gasteiger partial charge >= 0.3 is 0 Å². The number of carbonyl (C=O) groups is 1. The van der Waals surface area contributed by atoms with E-state index in [9.17, 15) is 9.59 Å². The smallest absolute Gasteiger partial charge is 0.263 e. The van der Waals surface area contributed by atoms with Gasteiger partial charge in [0.2, 0.25) is 0 Å². The standard InChI is InChI=1S/C21H27ClN4O2/c1-15-23-12-19(20(27)24-15)21(28)25(2)13-17-4-3-10-26(14-17)11-9-16-5-7-18(22)8-6-16/h5-8,12,17H,3-4,9-11,13-14H2,1-2H3,(H,23,24,27)/t17-/m0/s1. The highest BCUT2D eigenvalue weighted by molar-refractivity contribution is 6.30. The number of amides is 1. The molecule has 0 aliphatic carbocycles. The number of hydrogen-bond acceptors (Lipinski definition) is 4. The third-order valence-corrected chi connectivity index (χ3v) is 5.52.